The highest BCUT2D eigenvalue weighted by molar-refractivity contribution is 5.85. The van der Waals surface area contributed by atoms with Crippen molar-refractivity contribution in [1.29, 1.82) is 0 Å². The Morgan fingerprint density at radius 3 is 2.71 bits per heavy atom. The predicted molar refractivity (Wildman–Crippen MR) is 57.4 cm³/mol. The van der Waals surface area contributed by atoms with Crippen LogP contribution in [-0.4, -0.2) is 54.2 Å². The van der Waals surface area contributed by atoms with Gasteiger partial charge in [-0.1, -0.05) is 0 Å². The van der Waals surface area contributed by atoms with Gasteiger partial charge in [0, 0.05) is 6.54 Å². The Morgan fingerprint density at radius 1 is 1.41 bits per heavy atom. The molecule has 0 saturated carbocycles. The molecule has 2 N–H and O–H groups in total. The fraction of sp³-hybridized carbons (Fsp3) is 0.700. The number of carbonyl (C=O) groups is 3. The first-order valence-corrected chi connectivity index (χ1v) is 5.40. The molecule has 0 radical (unpaired) electrons. The maximum absolute atomic E-state index is 11.7. The molecule has 0 aromatic carbocycles. The summed E-state index contributed by atoms with van der Waals surface area (Å²) in [5.74, 6) is -1.58. The maximum Gasteiger partial charge on any atom is 0.326 e. The summed E-state index contributed by atoms with van der Waals surface area (Å²) in [4.78, 5) is 34.7. The van der Waals surface area contributed by atoms with Gasteiger partial charge in [0.15, 0.2) is 0 Å². The fourth-order valence-corrected chi connectivity index (χ4v) is 1.75. The summed E-state index contributed by atoms with van der Waals surface area (Å²) in [7, 11) is 1.22. The van der Waals surface area contributed by atoms with Crippen molar-refractivity contribution in [1.82, 2.24) is 10.2 Å². The molecule has 1 heterocycles. The second kappa shape index (κ2) is 6.07. The number of esters is 1. The van der Waals surface area contributed by atoms with Gasteiger partial charge in [0.25, 0.3) is 0 Å². The van der Waals surface area contributed by atoms with Crippen LogP contribution < -0.4 is 5.32 Å². The number of aliphatic carboxylic acids is 1. The Balaban J connectivity index is 2.53. The molecule has 17 heavy (non-hydrogen) atoms. The van der Waals surface area contributed by atoms with Crippen molar-refractivity contribution in [3.05, 3.63) is 0 Å². The summed E-state index contributed by atoms with van der Waals surface area (Å²) < 4.78 is 4.37. The number of piperidine rings is 1. The van der Waals surface area contributed by atoms with E-state index in [0.29, 0.717) is 13.0 Å². The van der Waals surface area contributed by atoms with Gasteiger partial charge in [-0.3, -0.25) is 4.79 Å². The summed E-state index contributed by atoms with van der Waals surface area (Å²) >= 11 is 0. The van der Waals surface area contributed by atoms with Crippen LogP contribution in [0.5, 0.6) is 0 Å². The molecule has 1 unspecified atom stereocenters. The van der Waals surface area contributed by atoms with Gasteiger partial charge >= 0.3 is 18.0 Å². The van der Waals surface area contributed by atoms with E-state index in [-0.39, 0.29) is 6.54 Å². The molecule has 0 aromatic heterocycles. The topological polar surface area (TPSA) is 95.9 Å². The quantitative estimate of drug-likeness (QED) is 0.671. The van der Waals surface area contributed by atoms with Crippen molar-refractivity contribution in [2.24, 2.45) is 0 Å². The van der Waals surface area contributed by atoms with Gasteiger partial charge in [-0.2, -0.15) is 0 Å². The average molecular weight is 244 g/mol. The largest absolute Gasteiger partial charge is 0.480 e. The summed E-state index contributed by atoms with van der Waals surface area (Å²) in [6.45, 7) is 0.141. The average Bonchev–Trinajstić information content (AvgIpc) is 2.35. The Hall–Kier alpha value is -1.79. The number of urea groups is 1. The predicted octanol–water partition coefficient (Wildman–Crippen LogP) is -0.192. The van der Waals surface area contributed by atoms with Gasteiger partial charge in [0.05, 0.1) is 7.11 Å². The first kappa shape index (κ1) is 13.3. The molecule has 0 spiro atoms. The fourth-order valence-electron chi connectivity index (χ4n) is 1.75. The lowest BCUT2D eigenvalue weighted by atomic mass is 10.0. The zero-order chi connectivity index (χ0) is 12.8. The molecular weight excluding hydrogens is 228 g/mol. The number of carboxylic acid groups (broad SMARTS) is 1. The van der Waals surface area contributed by atoms with E-state index >= 15 is 0 Å². The zero-order valence-electron chi connectivity index (χ0n) is 9.64. The van der Waals surface area contributed by atoms with Crippen LogP contribution in [0.4, 0.5) is 4.79 Å². The number of nitrogens with one attached hydrogen (secondary N) is 1. The van der Waals surface area contributed by atoms with Gasteiger partial charge in [0.2, 0.25) is 0 Å². The van der Waals surface area contributed by atoms with Gasteiger partial charge < -0.3 is 20.1 Å². The molecule has 2 amide bonds. The highest BCUT2D eigenvalue weighted by Crippen LogP contribution is 2.17. The Bertz CT molecular complexity index is 318. The minimum absolute atomic E-state index is 0.252. The van der Waals surface area contributed by atoms with Gasteiger partial charge in [-0.25, -0.2) is 9.59 Å². The maximum atomic E-state index is 11.7. The van der Waals surface area contributed by atoms with Crippen molar-refractivity contribution in [3.63, 3.8) is 0 Å². The molecule has 1 atom stereocenters. The molecule has 1 saturated heterocycles. The monoisotopic (exact) mass is 244 g/mol. The number of hydrogen-bond donors (Lipinski definition) is 2. The van der Waals surface area contributed by atoms with Crippen LogP contribution in [0.15, 0.2) is 0 Å². The van der Waals surface area contributed by atoms with Crippen LogP contribution in [0.1, 0.15) is 19.3 Å². The first-order chi connectivity index (χ1) is 8.06. The SMILES string of the molecule is COC(=O)CNC(=O)N1CCCCC1C(=O)O. The second-order valence-corrected chi connectivity index (χ2v) is 3.78. The van der Waals surface area contributed by atoms with Crippen molar-refractivity contribution >= 4 is 18.0 Å². The minimum Gasteiger partial charge on any atom is -0.480 e. The number of hydrogen-bond acceptors (Lipinski definition) is 4. The normalized spacial score (nSPS) is 19.6. The van der Waals surface area contributed by atoms with Crippen molar-refractivity contribution in [2.45, 2.75) is 25.3 Å². The highest BCUT2D eigenvalue weighted by atomic mass is 16.5. The highest BCUT2D eigenvalue weighted by Gasteiger charge is 2.31. The zero-order valence-corrected chi connectivity index (χ0v) is 9.64. The summed E-state index contributed by atoms with van der Waals surface area (Å²) in [6.07, 6.45) is 2.01. The number of rotatable bonds is 3. The van der Waals surface area contributed by atoms with Crippen LogP contribution in [0.2, 0.25) is 0 Å². The van der Waals surface area contributed by atoms with Crippen LogP contribution in [-0.2, 0) is 14.3 Å². The van der Waals surface area contributed by atoms with Crippen LogP contribution in [0.25, 0.3) is 0 Å². The molecule has 96 valence electrons. The molecule has 1 rings (SSSR count). The van der Waals surface area contributed by atoms with E-state index in [1.807, 2.05) is 0 Å². The molecule has 7 heteroatoms. The second-order valence-electron chi connectivity index (χ2n) is 3.78. The van der Waals surface area contributed by atoms with E-state index in [1.54, 1.807) is 0 Å². The van der Waals surface area contributed by atoms with E-state index in [2.05, 4.69) is 10.1 Å². The Kier molecular flexibility index (Phi) is 4.74. The summed E-state index contributed by atoms with van der Waals surface area (Å²) in [6, 6.07) is -1.34. The van der Waals surface area contributed by atoms with E-state index in [1.165, 1.54) is 12.0 Å². The van der Waals surface area contributed by atoms with Crippen molar-refractivity contribution in [3.8, 4) is 0 Å². The van der Waals surface area contributed by atoms with Crippen molar-refractivity contribution in [2.75, 3.05) is 20.2 Å². The lowest BCUT2D eigenvalue weighted by Crippen LogP contribution is -2.52. The minimum atomic E-state index is -1.02. The van der Waals surface area contributed by atoms with E-state index in [4.69, 9.17) is 5.11 Å². The van der Waals surface area contributed by atoms with Crippen LogP contribution in [0, 0.1) is 0 Å². The molecule has 7 nitrogen and oxygen atoms in total. The molecule has 0 aromatic rings. The molecule has 1 aliphatic rings. The first-order valence-electron chi connectivity index (χ1n) is 5.40. The number of methoxy groups -OCH3 is 1. The van der Waals surface area contributed by atoms with E-state index in [0.717, 1.165) is 12.8 Å². The molecular formula is C10H16N2O5. The van der Waals surface area contributed by atoms with Gasteiger partial charge in [-0.15, -0.1) is 0 Å². The van der Waals surface area contributed by atoms with Crippen LogP contribution >= 0.6 is 0 Å². The number of ether oxygens (including phenoxy) is 1. The lowest BCUT2D eigenvalue weighted by Gasteiger charge is -2.32. The number of amides is 2. The summed E-state index contributed by atoms with van der Waals surface area (Å²) in [5, 5.41) is 11.3. The number of nitrogens with zero attached hydrogens (tertiary/aromatic N) is 1. The Morgan fingerprint density at radius 2 is 2.12 bits per heavy atom. The molecule has 1 aliphatic heterocycles. The van der Waals surface area contributed by atoms with Crippen LogP contribution in [0.3, 0.4) is 0 Å². The lowest BCUT2D eigenvalue weighted by molar-refractivity contribution is -0.143. The molecule has 0 aliphatic carbocycles. The standard InChI is InChI=1S/C10H16N2O5/c1-17-8(13)6-11-10(16)12-5-3-2-4-7(12)9(14)15/h7H,2-6H2,1H3,(H,11,16)(H,14,15). The third-order valence-corrected chi connectivity index (χ3v) is 2.66. The number of likely N-dealkylation sites (tertiary alicyclic amines) is 1. The van der Waals surface area contributed by atoms with E-state index < -0.39 is 24.0 Å². The summed E-state index contributed by atoms with van der Waals surface area (Å²) in [5.41, 5.74) is 0. The third kappa shape index (κ3) is 3.61. The van der Waals surface area contributed by atoms with E-state index in [9.17, 15) is 14.4 Å². The molecule has 0 bridgehead atoms. The van der Waals surface area contributed by atoms with Gasteiger partial charge in [-0.05, 0) is 19.3 Å². The Labute approximate surface area is 98.7 Å². The van der Waals surface area contributed by atoms with Gasteiger partial charge in [0.1, 0.15) is 12.6 Å². The molecule has 1 fully saturated rings. The number of carboxylic acids is 1. The van der Waals surface area contributed by atoms with Crippen molar-refractivity contribution < 1.29 is 24.2 Å². The third-order valence-electron chi connectivity index (χ3n) is 2.66. The number of carbonyl (C=O) groups excluding carboxylic acids is 2. The smallest absolute Gasteiger partial charge is 0.326 e.